The molecule has 1 saturated heterocycles. The van der Waals surface area contributed by atoms with E-state index in [1.54, 1.807) is 47.6 Å². The standard InChI is InChI=1S/C25H22N6O2S/c32-24(31-15-20(16-31)28-25(33)29-22-8-1-2-13-26-22)18-9-11-19(12-10-18)30-34-21-7-3-5-17-6-4-14-27-23(17)21/h1-14,20,30H,15-16H2,(H2,26,28,29,33). The molecule has 9 heteroatoms. The van der Waals surface area contributed by atoms with E-state index in [2.05, 4.69) is 25.3 Å². The number of rotatable bonds is 6. The molecule has 3 N–H and O–H groups in total. The second-order valence-corrected chi connectivity index (χ2v) is 8.68. The Morgan fingerprint density at radius 2 is 1.68 bits per heavy atom. The maximum Gasteiger partial charge on any atom is 0.320 e. The molecular formula is C25H22N6O2S. The lowest BCUT2D eigenvalue weighted by atomic mass is 10.1. The quantitative estimate of drug-likeness (QED) is 0.362. The highest BCUT2D eigenvalue weighted by molar-refractivity contribution is 8.00. The number of aromatic nitrogens is 2. The fourth-order valence-electron chi connectivity index (χ4n) is 3.65. The number of fused-ring (bicyclic) bond motifs is 1. The number of hydrogen-bond acceptors (Lipinski definition) is 6. The normalized spacial score (nSPS) is 13.2. The van der Waals surface area contributed by atoms with Crippen molar-refractivity contribution in [2.75, 3.05) is 23.1 Å². The minimum absolute atomic E-state index is 0.0550. The summed E-state index contributed by atoms with van der Waals surface area (Å²) in [7, 11) is 0. The molecule has 4 aromatic rings. The van der Waals surface area contributed by atoms with E-state index in [4.69, 9.17) is 0 Å². The highest BCUT2D eigenvalue weighted by Gasteiger charge is 2.32. The van der Waals surface area contributed by atoms with Crippen LogP contribution in [0.25, 0.3) is 10.9 Å². The third-order valence-corrected chi connectivity index (χ3v) is 6.30. The molecule has 0 spiro atoms. The van der Waals surface area contributed by atoms with Crippen LogP contribution in [-0.4, -0.2) is 45.9 Å². The number of carbonyl (C=O) groups is 2. The molecule has 1 aliphatic rings. The van der Waals surface area contributed by atoms with Gasteiger partial charge in [-0.15, -0.1) is 0 Å². The Bertz CT molecular complexity index is 1300. The smallest absolute Gasteiger partial charge is 0.320 e. The van der Waals surface area contributed by atoms with Crippen molar-refractivity contribution in [3.8, 4) is 0 Å². The molecule has 3 heterocycles. The van der Waals surface area contributed by atoms with Crippen LogP contribution in [0.2, 0.25) is 0 Å². The first-order chi connectivity index (χ1) is 16.7. The lowest BCUT2D eigenvalue weighted by Crippen LogP contribution is -2.61. The maximum atomic E-state index is 12.7. The molecule has 0 unspecified atom stereocenters. The van der Waals surface area contributed by atoms with Crippen LogP contribution in [0, 0.1) is 0 Å². The third kappa shape index (κ3) is 4.94. The zero-order valence-electron chi connectivity index (χ0n) is 18.1. The largest absolute Gasteiger partial charge is 0.334 e. The average molecular weight is 471 g/mol. The lowest BCUT2D eigenvalue weighted by Gasteiger charge is -2.39. The Kier molecular flexibility index (Phi) is 6.26. The van der Waals surface area contributed by atoms with Crippen molar-refractivity contribution in [1.29, 1.82) is 0 Å². The molecule has 2 aromatic heterocycles. The van der Waals surface area contributed by atoms with Crippen molar-refractivity contribution in [2.45, 2.75) is 10.9 Å². The molecule has 0 saturated carbocycles. The summed E-state index contributed by atoms with van der Waals surface area (Å²) in [6, 6.07) is 22.3. The molecule has 3 amide bonds. The number of benzene rings is 2. The molecular weight excluding hydrogens is 448 g/mol. The van der Waals surface area contributed by atoms with Crippen molar-refractivity contribution < 1.29 is 9.59 Å². The van der Waals surface area contributed by atoms with E-state index in [-0.39, 0.29) is 18.0 Å². The second kappa shape index (κ2) is 9.80. The minimum atomic E-state index is -0.329. The van der Waals surface area contributed by atoms with E-state index >= 15 is 0 Å². The SMILES string of the molecule is O=C(Nc1ccccn1)NC1CN(C(=O)c2ccc(NSc3cccc4cccnc34)cc2)C1. The van der Waals surface area contributed by atoms with Gasteiger partial charge < -0.3 is 14.9 Å². The number of likely N-dealkylation sites (tertiary alicyclic amines) is 1. The molecule has 1 aliphatic heterocycles. The number of nitrogens with one attached hydrogen (secondary N) is 3. The van der Waals surface area contributed by atoms with E-state index in [0.717, 1.165) is 21.5 Å². The molecule has 34 heavy (non-hydrogen) atoms. The van der Waals surface area contributed by atoms with E-state index in [1.807, 2.05) is 42.5 Å². The zero-order valence-corrected chi connectivity index (χ0v) is 19.0. The van der Waals surface area contributed by atoms with Gasteiger partial charge in [0.2, 0.25) is 0 Å². The molecule has 2 aromatic carbocycles. The fourth-order valence-corrected chi connectivity index (χ4v) is 4.42. The van der Waals surface area contributed by atoms with E-state index in [0.29, 0.717) is 24.5 Å². The van der Waals surface area contributed by atoms with Gasteiger partial charge in [0.25, 0.3) is 5.91 Å². The molecule has 170 valence electrons. The Labute approximate surface area is 200 Å². The number of nitrogens with zero attached hydrogens (tertiary/aromatic N) is 3. The average Bonchev–Trinajstić information content (AvgIpc) is 2.85. The van der Waals surface area contributed by atoms with Gasteiger partial charge in [-0.05, 0) is 60.5 Å². The van der Waals surface area contributed by atoms with E-state index in [1.165, 1.54) is 11.9 Å². The van der Waals surface area contributed by atoms with Crippen LogP contribution in [0.5, 0.6) is 0 Å². The van der Waals surface area contributed by atoms with Crippen LogP contribution in [-0.2, 0) is 0 Å². The predicted octanol–water partition coefficient (Wildman–Crippen LogP) is 4.40. The summed E-state index contributed by atoms with van der Waals surface area (Å²) in [6.45, 7) is 0.941. The van der Waals surface area contributed by atoms with Crippen LogP contribution in [0.15, 0.2) is 90.1 Å². The van der Waals surface area contributed by atoms with Gasteiger partial charge in [0, 0.05) is 42.1 Å². The van der Waals surface area contributed by atoms with Gasteiger partial charge in [0.1, 0.15) is 5.82 Å². The number of anilines is 2. The van der Waals surface area contributed by atoms with Crippen LogP contribution >= 0.6 is 11.9 Å². The maximum absolute atomic E-state index is 12.7. The minimum Gasteiger partial charge on any atom is -0.334 e. The summed E-state index contributed by atoms with van der Waals surface area (Å²) in [5, 5.41) is 6.62. The summed E-state index contributed by atoms with van der Waals surface area (Å²) >= 11 is 1.49. The Morgan fingerprint density at radius 3 is 2.47 bits per heavy atom. The molecule has 5 rings (SSSR count). The van der Waals surface area contributed by atoms with Gasteiger partial charge in [0.15, 0.2) is 0 Å². The number of carbonyl (C=O) groups excluding carboxylic acids is 2. The topological polar surface area (TPSA) is 99.3 Å². The monoisotopic (exact) mass is 470 g/mol. The van der Waals surface area contributed by atoms with Crippen molar-refractivity contribution >= 4 is 46.3 Å². The van der Waals surface area contributed by atoms with Gasteiger partial charge in [-0.25, -0.2) is 9.78 Å². The van der Waals surface area contributed by atoms with Crippen molar-refractivity contribution in [3.05, 3.63) is 90.8 Å². The summed E-state index contributed by atoms with van der Waals surface area (Å²) in [6.07, 6.45) is 3.40. The number of hydrogen-bond donors (Lipinski definition) is 3. The number of amides is 3. The van der Waals surface area contributed by atoms with E-state index in [9.17, 15) is 9.59 Å². The first-order valence-electron chi connectivity index (χ1n) is 10.8. The van der Waals surface area contributed by atoms with Gasteiger partial charge >= 0.3 is 6.03 Å². The first-order valence-corrected chi connectivity index (χ1v) is 11.6. The van der Waals surface area contributed by atoms with Gasteiger partial charge in [0.05, 0.1) is 16.5 Å². The van der Waals surface area contributed by atoms with Crippen LogP contribution in [0.3, 0.4) is 0 Å². The first kappa shape index (κ1) is 21.7. The van der Waals surface area contributed by atoms with Crippen LogP contribution in [0.4, 0.5) is 16.3 Å². The van der Waals surface area contributed by atoms with Gasteiger partial charge in [-0.3, -0.25) is 15.1 Å². The predicted molar refractivity (Wildman–Crippen MR) is 134 cm³/mol. The number of para-hydroxylation sites is 1. The summed E-state index contributed by atoms with van der Waals surface area (Å²) < 4.78 is 3.32. The number of urea groups is 1. The van der Waals surface area contributed by atoms with Crippen molar-refractivity contribution in [2.24, 2.45) is 0 Å². The summed E-state index contributed by atoms with van der Waals surface area (Å²) in [5.41, 5.74) is 2.45. The lowest BCUT2D eigenvalue weighted by molar-refractivity contribution is 0.0580. The Hall–Kier alpha value is -4.11. The van der Waals surface area contributed by atoms with E-state index < -0.39 is 0 Å². The zero-order chi connectivity index (χ0) is 23.3. The molecule has 0 bridgehead atoms. The highest BCUT2D eigenvalue weighted by atomic mass is 32.2. The second-order valence-electron chi connectivity index (χ2n) is 7.83. The van der Waals surface area contributed by atoms with Gasteiger partial charge in [-0.1, -0.05) is 24.3 Å². The molecule has 0 atom stereocenters. The third-order valence-electron chi connectivity index (χ3n) is 5.42. The molecule has 0 radical (unpaired) electrons. The Morgan fingerprint density at radius 1 is 0.882 bits per heavy atom. The van der Waals surface area contributed by atoms with Crippen LogP contribution in [0.1, 0.15) is 10.4 Å². The van der Waals surface area contributed by atoms with Crippen molar-refractivity contribution in [1.82, 2.24) is 20.2 Å². The summed E-state index contributed by atoms with van der Waals surface area (Å²) in [5.74, 6) is 0.427. The van der Waals surface area contributed by atoms with Crippen molar-refractivity contribution in [3.63, 3.8) is 0 Å². The van der Waals surface area contributed by atoms with Crippen LogP contribution < -0.4 is 15.4 Å². The van der Waals surface area contributed by atoms with Gasteiger partial charge in [-0.2, -0.15) is 0 Å². The molecule has 0 aliphatic carbocycles. The number of pyridine rings is 2. The Balaban J connectivity index is 1.11. The molecule has 8 nitrogen and oxygen atoms in total. The summed E-state index contributed by atoms with van der Waals surface area (Å²) in [4.78, 5) is 36.1. The molecule has 1 fully saturated rings. The highest BCUT2D eigenvalue weighted by Crippen LogP contribution is 2.27. The fraction of sp³-hybridized carbons (Fsp3) is 0.120.